The Morgan fingerprint density at radius 2 is 1.62 bits per heavy atom. The van der Waals surface area contributed by atoms with Gasteiger partial charge in [0, 0.05) is 18.2 Å². The molecule has 0 amide bonds. The monoisotopic (exact) mass is 296 g/mol. The van der Waals surface area contributed by atoms with Crippen LogP contribution in [0.15, 0.2) is 12.1 Å². The molecule has 5 heteroatoms. The van der Waals surface area contributed by atoms with Gasteiger partial charge in [-0.25, -0.2) is 0 Å². The molecule has 21 heavy (non-hydrogen) atoms. The van der Waals surface area contributed by atoms with Gasteiger partial charge in [-0.05, 0) is 26.1 Å². The van der Waals surface area contributed by atoms with Crippen molar-refractivity contribution in [3.63, 3.8) is 0 Å². The van der Waals surface area contributed by atoms with Crippen LogP contribution in [0.5, 0.6) is 17.2 Å². The topological polar surface area (TPSA) is 57.0 Å². The number of ether oxygens (including phenoxy) is 3. The van der Waals surface area contributed by atoms with E-state index in [1.165, 1.54) is 0 Å². The summed E-state index contributed by atoms with van der Waals surface area (Å²) in [5, 5.41) is 0. The largest absolute Gasteiger partial charge is 0.496 e. The van der Waals surface area contributed by atoms with Crippen LogP contribution < -0.4 is 19.9 Å². The van der Waals surface area contributed by atoms with Gasteiger partial charge in [-0.15, -0.1) is 0 Å². The van der Waals surface area contributed by atoms with Crippen LogP contribution in [-0.2, 0) is 0 Å². The van der Waals surface area contributed by atoms with Crippen LogP contribution in [0.25, 0.3) is 0 Å². The fraction of sp³-hybridized carbons (Fsp3) is 0.625. The van der Waals surface area contributed by atoms with Crippen LogP contribution in [-0.4, -0.2) is 46.4 Å². The Labute approximate surface area is 128 Å². The molecule has 0 aliphatic carbocycles. The molecule has 5 nitrogen and oxygen atoms in total. The van der Waals surface area contributed by atoms with Gasteiger partial charge in [0.25, 0.3) is 0 Å². The highest BCUT2D eigenvalue weighted by molar-refractivity contribution is 5.52. The molecule has 0 fully saturated rings. The minimum absolute atomic E-state index is 0.0892. The van der Waals surface area contributed by atoms with Crippen LogP contribution in [0.2, 0.25) is 0 Å². The maximum Gasteiger partial charge on any atom is 0.164 e. The van der Waals surface area contributed by atoms with Gasteiger partial charge in [-0.3, -0.25) is 4.90 Å². The van der Waals surface area contributed by atoms with E-state index in [-0.39, 0.29) is 6.04 Å². The normalized spacial score (nSPS) is 12.3. The van der Waals surface area contributed by atoms with Crippen molar-refractivity contribution in [2.45, 2.75) is 25.8 Å². The first-order chi connectivity index (χ1) is 10.1. The second kappa shape index (κ2) is 8.74. The first-order valence-corrected chi connectivity index (χ1v) is 7.33. The maximum atomic E-state index is 5.99. The highest BCUT2D eigenvalue weighted by atomic mass is 16.5. The Hall–Kier alpha value is -1.46. The third-order valence-corrected chi connectivity index (χ3v) is 3.71. The van der Waals surface area contributed by atoms with E-state index in [9.17, 15) is 0 Å². The smallest absolute Gasteiger partial charge is 0.164 e. The highest BCUT2D eigenvalue weighted by Crippen LogP contribution is 2.38. The fourth-order valence-electron chi connectivity index (χ4n) is 2.42. The van der Waals surface area contributed by atoms with Gasteiger partial charge in [0.05, 0.1) is 27.4 Å². The Morgan fingerprint density at radius 1 is 1.05 bits per heavy atom. The number of benzene rings is 1. The van der Waals surface area contributed by atoms with E-state index in [0.29, 0.717) is 18.0 Å². The predicted molar refractivity (Wildman–Crippen MR) is 85.4 cm³/mol. The SMILES string of the molecule is CCCCN(C)C(CN)c1cc(OC)c(OC)cc1OC. The molecular weight excluding hydrogens is 268 g/mol. The van der Waals surface area contributed by atoms with Crippen molar-refractivity contribution in [2.75, 3.05) is 41.5 Å². The highest BCUT2D eigenvalue weighted by Gasteiger charge is 2.22. The molecule has 0 aromatic heterocycles. The first-order valence-electron chi connectivity index (χ1n) is 7.33. The van der Waals surface area contributed by atoms with Gasteiger partial charge >= 0.3 is 0 Å². The summed E-state index contributed by atoms with van der Waals surface area (Å²) in [5.74, 6) is 2.12. The van der Waals surface area contributed by atoms with Crippen molar-refractivity contribution in [1.29, 1.82) is 0 Å². The lowest BCUT2D eigenvalue weighted by atomic mass is 10.0. The average molecular weight is 296 g/mol. The number of unbranched alkanes of at least 4 members (excludes halogenated alkanes) is 1. The van der Waals surface area contributed by atoms with E-state index >= 15 is 0 Å². The lowest BCUT2D eigenvalue weighted by molar-refractivity contribution is 0.239. The zero-order valence-electron chi connectivity index (χ0n) is 13.8. The van der Waals surface area contributed by atoms with E-state index in [0.717, 1.165) is 30.7 Å². The number of hydrogen-bond acceptors (Lipinski definition) is 5. The third kappa shape index (κ3) is 4.25. The summed E-state index contributed by atoms with van der Waals surface area (Å²) in [6, 6.07) is 3.90. The second-order valence-electron chi connectivity index (χ2n) is 5.03. The third-order valence-electron chi connectivity index (χ3n) is 3.71. The number of rotatable bonds is 9. The standard InChI is InChI=1S/C16H28N2O3/c1-6-7-8-18(2)13(11-17)12-9-15(20-4)16(21-5)10-14(12)19-3/h9-10,13H,6-8,11,17H2,1-5H3. The first kappa shape index (κ1) is 17.6. The Morgan fingerprint density at radius 3 is 2.10 bits per heavy atom. The molecule has 0 saturated heterocycles. The predicted octanol–water partition coefficient (Wildman–Crippen LogP) is 2.44. The van der Waals surface area contributed by atoms with Gasteiger partial charge in [0.1, 0.15) is 5.75 Å². The molecule has 0 aliphatic heterocycles. The number of likely N-dealkylation sites (N-methyl/N-ethyl adjacent to an activating group) is 1. The molecule has 0 aliphatic rings. The Balaban J connectivity index is 3.17. The van der Waals surface area contributed by atoms with E-state index in [2.05, 4.69) is 18.9 Å². The van der Waals surface area contributed by atoms with Crippen molar-refractivity contribution < 1.29 is 14.2 Å². The van der Waals surface area contributed by atoms with Crippen LogP contribution in [0, 0.1) is 0 Å². The molecule has 0 bridgehead atoms. The molecule has 2 N–H and O–H groups in total. The van der Waals surface area contributed by atoms with E-state index < -0.39 is 0 Å². The summed E-state index contributed by atoms with van der Waals surface area (Å²) in [4.78, 5) is 2.26. The summed E-state index contributed by atoms with van der Waals surface area (Å²) in [5.41, 5.74) is 7.02. The Bertz CT molecular complexity index is 438. The molecule has 1 aromatic carbocycles. The van der Waals surface area contributed by atoms with Crippen molar-refractivity contribution in [3.05, 3.63) is 17.7 Å². The lowest BCUT2D eigenvalue weighted by Gasteiger charge is -2.29. The number of methoxy groups -OCH3 is 3. The van der Waals surface area contributed by atoms with Crippen LogP contribution in [0.1, 0.15) is 31.4 Å². The van der Waals surface area contributed by atoms with Crippen molar-refractivity contribution in [2.24, 2.45) is 5.73 Å². The van der Waals surface area contributed by atoms with Gasteiger partial charge in [-0.1, -0.05) is 13.3 Å². The van der Waals surface area contributed by atoms with Crippen molar-refractivity contribution in [3.8, 4) is 17.2 Å². The van der Waals surface area contributed by atoms with E-state index in [1.807, 2.05) is 12.1 Å². The van der Waals surface area contributed by atoms with Gasteiger partial charge in [0.2, 0.25) is 0 Å². The molecule has 1 aromatic rings. The molecular formula is C16H28N2O3. The number of nitrogens with two attached hydrogens (primary N) is 1. The number of nitrogens with zero attached hydrogens (tertiary/aromatic N) is 1. The second-order valence-corrected chi connectivity index (χ2v) is 5.03. The summed E-state index contributed by atoms with van der Waals surface area (Å²) < 4.78 is 16.2. The summed E-state index contributed by atoms with van der Waals surface area (Å²) in [6.07, 6.45) is 2.30. The zero-order valence-corrected chi connectivity index (χ0v) is 13.8. The average Bonchev–Trinajstić information content (AvgIpc) is 2.52. The quantitative estimate of drug-likeness (QED) is 0.758. The van der Waals surface area contributed by atoms with Gasteiger partial charge < -0.3 is 19.9 Å². The van der Waals surface area contributed by atoms with Gasteiger partial charge in [-0.2, -0.15) is 0 Å². The molecule has 0 spiro atoms. The molecule has 1 atom stereocenters. The Kier molecular flexibility index (Phi) is 7.32. The van der Waals surface area contributed by atoms with E-state index in [1.54, 1.807) is 21.3 Å². The molecule has 120 valence electrons. The van der Waals surface area contributed by atoms with Crippen LogP contribution in [0.3, 0.4) is 0 Å². The summed E-state index contributed by atoms with van der Waals surface area (Å²) in [7, 11) is 6.99. The van der Waals surface area contributed by atoms with Crippen molar-refractivity contribution in [1.82, 2.24) is 4.90 Å². The maximum absolute atomic E-state index is 5.99. The number of hydrogen-bond donors (Lipinski definition) is 1. The summed E-state index contributed by atoms with van der Waals surface area (Å²) >= 11 is 0. The van der Waals surface area contributed by atoms with Crippen LogP contribution >= 0.6 is 0 Å². The molecule has 0 heterocycles. The minimum atomic E-state index is 0.0892. The van der Waals surface area contributed by atoms with Crippen LogP contribution in [0.4, 0.5) is 0 Å². The minimum Gasteiger partial charge on any atom is -0.496 e. The zero-order chi connectivity index (χ0) is 15.8. The molecule has 1 rings (SSSR count). The van der Waals surface area contributed by atoms with Gasteiger partial charge in [0.15, 0.2) is 11.5 Å². The summed E-state index contributed by atoms with van der Waals surface area (Å²) in [6.45, 7) is 3.70. The lowest BCUT2D eigenvalue weighted by Crippen LogP contribution is -2.31. The molecule has 0 radical (unpaired) electrons. The fourth-order valence-corrected chi connectivity index (χ4v) is 2.42. The molecule has 1 unspecified atom stereocenters. The van der Waals surface area contributed by atoms with Crippen molar-refractivity contribution >= 4 is 0 Å². The van der Waals surface area contributed by atoms with E-state index in [4.69, 9.17) is 19.9 Å². The molecule has 0 saturated carbocycles.